The normalized spacial score (nSPS) is 14.7. The van der Waals surface area contributed by atoms with Crippen molar-refractivity contribution in [3.8, 4) is 0 Å². The molecule has 3 N–H and O–H groups in total. The van der Waals surface area contributed by atoms with Gasteiger partial charge in [0, 0.05) is 13.1 Å². The number of rotatable bonds is 5. The van der Waals surface area contributed by atoms with Gasteiger partial charge in [-0.05, 0) is 18.6 Å². The second kappa shape index (κ2) is 7.91. The Kier molecular flexibility index (Phi) is 5.18. The number of anilines is 2. The number of carbonyl (C=O) groups is 1. The molecule has 1 aromatic carbocycles. The van der Waals surface area contributed by atoms with Crippen molar-refractivity contribution in [2.75, 3.05) is 36.6 Å². The molecule has 0 atom stereocenters. The van der Waals surface area contributed by atoms with Crippen molar-refractivity contribution in [1.82, 2.24) is 9.97 Å². The molecule has 3 heterocycles. The average molecular weight is 396 g/mol. The predicted octanol–water partition coefficient (Wildman–Crippen LogP) is 2.38. The standard InChI is InChI=1S/C19H20N6O2S/c1-12-3-2-4-13(9-12)11-21-24-19-22-17(25-5-7-27-8-6-25)14-10-15(16(20)26)28-18(14)23-19/h2-4,9-11H,5-8H2,1H3,(H2,20,26)(H,22,23,24)/b21-11+. The Labute approximate surface area is 166 Å². The quantitative estimate of drug-likeness (QED) is 0.507. The molecule has 0 bridgehead atoms. The van der Waals surface area contributed by atoms with Crippen LogP contribution >= 0.6 is 11.3 Å². The number of fused-ring (bicyclic) bond motifs is 1. The Balaban J connectivity index is 1.66. The van der Waals surface area contributed by atoms with Crippen LogP contribution in [0.2, 0.25) is 0 Å². The van der Waals surface area contributed by atoms with Gasteiger partial charge in [-0.1, -0.05) is 29.8 Å². The lowest BCUT2D eigenvalue weighted by atomic mass is 10.2. The summed E-state index contributed by atoms with van der Waals surface area (Å²) < 4.78 is 5.43. The van der Waals surface area contributed by atoms with E-state index >= 15 is 0 Å². The number of nitrogens with two attached hydrogens (primary N) is 1. The minimum atomic E-state index is -0.470. The molecule has 144 valence electrons. The van der Waals surface area contributed by atoms with E-state index in [1.54, 1.807) is 12.3 Å². The summed E-state index contributed by atoms with van der Waals surface area (Å²) in [5, 5.41) is 5.07. The smallest absolute Gasteiger partial charge is 0.258 e. The van der Waals surface area contributed by atoms with Crippen LogP contribution in [0.3, 0.4) is 0 Å². The van der Waals surface area contributed by atoms with Crippen molar-refractivity contribution in [3.63, 3.8) is 0 Å². The van der Waals surface area contributed by atoms with Gasteiger partial charge in [-0.15, -0.1) is 11.3 Å². The summed E-state index contributed by atoms with van der Waals surface area (Å²) in [6.07, 6.45) is 1.72. The largest absolute Gasteiger partial charge is 0.378 e. The number of hydrogen-bond acceptors (Lipinski definition) is 8. The number of primary amides is 1. The number of aryl methyl sites for hydroxylation is 1. The summed E-state index contributed by atoms with van der Waals surface area (Å²) in [4.78, 5) is 24.0. The number of hydrazone groups is 1. The fourth-order valence-electron chi connectivity index (χ4n) is 3.01. The zero-order valence-electron chi connectivity index (χ0n) is 15.4. The fraction of sp³-hybridized carbons (Fsp3) is 0.263. The molecule has 1 fully saturated rings. The maximum atomic E-state index is 11.6. The van der Waals surface area contributed by atoms with Crippen LogP contribution in [-0.4, -0.2) is 48.4 Å². The van der Waals surface area contributed by atoms with E-state index in [2.05, 4.69) is 25.4 Å². The van der Waals surface area contributed by atoms with E-state index < -0.39 is 5.91 Å². The third kappa shape index (κ3) is 3.95. The molecule has 28 heavy (non-hydrogen) atoms. The molecule has 1 saturated heterocycles. The lowest BCUT2D eigenvalue weighted by Gasteiger charge is -2.28. The SMILES string of the molecule is Cc1cccc(/C=N/Nc2nc(N3CCOCC3)c3cc(C(N)=O)sc3n2)c1. The summed E-state index contributed by atoms with van der Waals surface area (Å²) in [6, 6.07) is 9.77. The van der Waals surface area contributed by atoms with Gasteiger partial charge >= 0.3 is 0 Å². The maximum Gasteiger partial charge on any atom is 0.258 e. The Morgan fingerprint density at radius 3 is 2.89 bits per heavy atom. The lowest BCUT2D eigenvalue weighted by molar-refractivity contribution is 0.100. The molecule has 1 aliphatic rings. The first-order valence-electron chi connectivity index (χ1n) is 8.90. The Morgan fingerprint density at radius 1 is 1.32 bits per heavy atom. The van der Waals surface area contributed by atoms with Crippen LogP contribution in [-0.2, 0) is 4.74 Å². The van der Waals surface area contributed by atoms with Crippen molar-refractivity contribution < 1.29 is 9.53 Å². The van der Waals surface area contributed by atoms with Crippen molar-refractivity contribution in [2.45, 2.75) is 6.92 Å². The monoisotopic (exact) mass is 396 g/mol. The van der Waals surface area contributed by atoms with E-state index in [0.29, 0.717) is 28.9 Å². The number of benzene rings is 1. The van der Waals surface area contributed by atoms with Crippen LogP contribution in [0.1, 0.15) is 20.8 Å². The molecule has 4 rings (SSSR count). The molecular formula is C19H20N6O2S. The molecule has 9 heteroatoms. The van der Waals surface area contributed by atoms with Crippen molar-refractivity contribution >= 4 is 45.4 Å². The zero-order valence-corrected chi connectivity index (χ0v) is 16.2. The summed E-state index contributed by atoms with van der Waals surface area (Å²) >= 11 is 1.25. The number of ether oxygens (including phenoxy) is 1. The van der Waals surface area contributed by atoms with Crippen LogP contribution in [0.4, 0.5) is 11.8 Å². The van der Waals surface area contributed by atoms with Gasteiger partial charge in [0.05, 0.1) is 29.7 Å². The van der Waals surface area contributed by atoms with Gasteiger partial charge in [-0.3, -0.25) is 4.79 Å². The van der Waals surface area contributed by atoms with Crippen molar-refractivity contribution in [3.05, 3.63) is 46.3 Å². The number of carbonyl (C=O) groups excluding carboxylic acids is 1. The van der Waals surface area contributed by atoms with E-state index in [1.165, 1.54) is 11.3 Å². The fourth-order valence-corrected chi connectivity index (χ4v) is 3.89. The minimum absolute atomic E-state index is 0.371. The summed E-state index contributed by atoms with van der Waals surface area (Å²) in [7, 11) is 0. The van der Waals surface area contributed by atoms with Crippen LogP contribution in [0, 0.1) is 6.92 Å². The Morgan fingerprint density at radius 2 is 2.14 bits per heavy atom. The van der Waals surface area contributed by atoms with Gasteiger partial charge in [0.25, 0.3) is 5.91 Å². The zero-order chi connectivity index (χ0) is 19.5. The topological polar surface area (TPSA) is 106 Å². The highest BCUT2D eigenvalue weighted by atomic mass is 32.1. The summed E-state index contributed by atoms with van der Waals surface area (Å²) in [5.74, 6) is 0.656. The van der Waals surface area contributed by atoms with Gasteiger partial charge in [0.2, 0.25) is 5.95 Å². The van der Waals surface area contributed by atoms with E-state index in [1.807, 2.05) is 31.2 Å². The van der Waals surface area contributed by atoms with E-state index in [9.17, 15) is 4.79 Å². The third-order valence-electron chi connectivity index (χ3n) is 4.35. The molecular weight excluding hydrogens is 376 g/mol. The van der Waals surface area contributed by atoms with Gasteiger partial charge in [0.15, 0.2) is 0 Å². The molecule has 0 saturated carbocycles. The van der Waals surface area contributed by atoms with Crippen molar-refractivity contribution in [2.24, 2.45) is 10.8 Å². The molecule has 1 amide bonds. The van der Waals surface area contributed by atoms with Crippen LogP contribution in [0.5, 0.6) is 0 Å². The highest BCUT2D eigenvalue weighted by molar-refractivity contribution is 7.20. The third-order valence-corrected chi connectivity index (χ3v) is 5.39. The highest BCUT2D eigenvalue weighted by Crippen LogP contribution is 2.32. The molecule has 1 aliphatic heterocycles. The van der Waals surface area contributed by atoms with Crippen LogP contribution in [0.25, 0.3) is 10.2 Å². The van der Waals surface area contributed by atoms with Crippen LogP contribution in [0.15, 0.2) is 35.4 Å². The second-order valence-electron chi connectivity index (χ2n) is 6.45. The molecule has 3 aromatic rings. The van der Waals surface area contributed by atoms with E-state index in [0.717, 1.165) is 35.4 Å². The number of aromatic nitrogens is 2. The minimum Gasteiger partial charge on any atom is -0.378 e. The van der Waals surface area contributed by atoms with E-state index in [4.69, 9.17) is 10.5 Å². The number of nitrogens with zero attached hydrogens (tertiary/aromatic N) is 4. The van der Waals surface area contributed by atoms with Gasteiger partial charge < -0.3 is 15.4 Å². The van der Waals surface area contributed by atoms with Gasteiger partial charge in [0.1, 0.15) is 10.6 Å². The molecule has 0 unspecified atom stereocenters. The summed E-state index contributed by atoms with van der Waals surface area (Å²) in [6.45, 7) is 4.74. The highest BCUT2D eigenvalue weighted by Gasteiger charge is 2.20. The number of thiophene rings is 1. The molecule has 8 nitrogen and oxygen atoms in total. The first-order valence-corrected chi connectivity index (χ1v) is 9.71. The maximum absolute atomic E-state index is 11.6. The second-order valence-corrected chi connectivity index (χ2v) is 7.48. The molecule has 2 aromatic heterocycles. The molecule has 0 aliphatic carbocycles. The molecule has 0 radical (unpaired) electrons. The summed E-state index contributed by atoms with van der Waals surface area (Å²) in [5.41, 5.74) is 10.5. The first kappa shape index (κ1) is 18.3. The first-order chi connectivity index (χ1) is 13.6. The number of morpholine rings is 1. The lowest BCUT2D eigenvalue weighted by Crippen LogP contribution is -2.37. The number of nitrogens with one attached hydrogen (secondary N) is 1. The van der Waals surface area contributed by atoms with Gasteiger partial charge in [-0.2, -0.15) is 10.1 Å². The molecule has 0 spiro atoms. The average Bonchev–Trinajstić information content (AvgIpc) is 3.13. The Hall–Kier alpha value is -3.04. The van der Waals surface area contributed by atoms with E-state index in [-0.39, 0.29) is 0 Å². The van der Waals surface area contributed by atoms with Crippen LogP contribution < -0.4 is 16.1 Å². The van der Waals surface area contributed by atoms with Gasteiger partial charge in [-0.25, -0.2) is 10.4 Å². The number of hydrogen-bond donors (Lipinski definition) is 2. The predicted molar refractivity (Wildman–Crippen MR) is 111 cm³/mol. The van der Waals surface area contributed by atoms with Crippen molar-refractivity contribution in [1.29, 1.82) is 0 Å². The Bertz CT molecular complexity index is 1040. The number of amides is 1.